The van der Waals surface area contributed by atoms with Crippen molar-refractivity contribution in [3.05, 3.63) is 28.7 Å². The number of nitrogens with zero attached hydrogens (tertiary/aromatic N) is 1. The molecule has 0 N–H and O–H groups in total. The van der Waals surface area contributed by atoms with Gasteiger partial charge in [-0.25, -0.2) is 16.8 Å². The van der Waals surface area contributed by atoms with Crippen molar-refractivity contribution in [3.8, 4) is 0 Å². The summed E-state index contributed by atoms with van der Waals surface area (Å²) >= 11 is 3.34. The molecule has 0 radical (unpaired) electrons. The van der Waals surface area contributed by atoms with Crippen LogP contribution in [-0.4, -0.2) is 44.7 Å². The minimum absolute atomic E-state index is 0.171. The molecule has 2 bridgehead atoms. The lowest BCUT2D eigenvalue weighted by atomic mass is 9.58. The Morgan fingerprint density at radius 1 is 1.00 bits per heavy atom. The molecule has 1 heterocycles. The molecule has 3 saturated carbocycles. The molecule has 5 nitrogen and oxygen atoms in total. The van der Waals surface area contributed by atoms with Gasteiger partial charge in [-0.3, -0.25) is 0 Å². The first-order chi connectivity index (χ1) is 12.2. The van der Waals surface area contributed by atoms with Gasteiger partial charge in [0.15, 0.2) is 9.84 Å². The van der Waals surface area contributed by atoms with E-state index in [1.54, 1.807) is 28.6 Å². The number of rotatable bonds is 4. The van der Waals surface area contributed by atoms with Crippen LogP contribution < -0.4 is 0 Å². The van der Waals surface area contributed by atoms with Crippen molar-refractivity contribution >= 4 is 35.8 Å². The Morgan fingerprint density at radius 3 is 2.08 bits per heavy atom. The van der Waals surface area contributed by atoms with Crippen molar-refractivity contribution in [2.45, 2.75) is 55.4 Å². The summed E-state index contributed by atoms with van der Waals surface area (Å²) in [6.45, 7) is 0.631. The van der Waals surface area contributed by atoms with Crippen LogP contribution in [0, 0.1) is 5.41 Å². The summed E-state index contributed by atoms with van der Waals surface area (Å²) in [4.78, 5) is 0.375. The largest absolute Gasteiger partial charge is 0.224 e. The van der Waals surface area contributed by atoms with Crippen molar-refractivity contribution < 1.29 is 16.8 Å². The maximum absolute atomic E-state index is 12.9. The van der Waals surface area contributed by atoms with E-state index < -0.39 is 19.9 Å². The first-order valence-corrected chi connectivity index (χ1v) is 13.2. The van der Waals surface area contributed by atoms with Gasteiger partial charge in [0.05, 0.1) is 16.4 Å². The fourth-order valence-electron chi connectivity index (χ4n) is 5.13. The molecule has 1 saturated heterocycles. The minimum atomic E-state index is -3.34. The third-order valence-corrected chi connectivity index (χ3v) is 11.2. The van der Waals surface area contributed by atoms with Crippen LogP contribution in [-0.2, 0) is 19.9 Å². The van der Waals surface area contributed by atoms with E-state index in [0.717, 1.165) is 43.0 Å². The van der Waals surface area contributed by atoms with Crippen LogP contribution in [0.2, 0.25) is 0 Å². The number of benzene rings is 1. The highest BCUT2D eigenvalue weighted by molar-refractivity contribution is 9.10. The molecule has 1 aromatic rings. The standard InChI is InChI=1S/C18H24BrNO4S2/c19-15-2-4-16(5-3-15)25(21,22)14-17-6-9-18(10-7-17,11-8-17)20-12-1-13-26(20,23)24/h2-5H,1,6-14H2. The van der Waals surface area contributed by atoms with E-state index in [1.165, 1.54) is 0 Å². The maximum Gasteiger partial charge on any atom is 0.214 e. The molecule has 5 rings (SSSR count). The molecule has 4 fully saturated rings. The number of hydrogen-bond donors (Lipinski definition) is 0. The smallest absolute Gasteiger partial charge is 0.214 e. The highest BCUT2D eigenvalue weighted by atomic mass is 79.9. The van der Waals surface area contributed by atoms with Crippen LogP contribution in [0.4, 0.5) is 0 Å². The van der Waals surface area contributed by atoms with E-state index in [4.69, 9.17) is 0 Å². The minimum Gasteiger partial charge on any atom is -0.224 e. The summed E-state index contributed by atoms with van der Waals surface area (Å²) in [5.74, 6) is 0.433. The SMILES string of the molecule is O=S(=O)(CC12CCC(N3CCCS3(=O)=O)(CC1)CC2)c1ccc(Br)cc1. The van der Waals surface area contributed by atoms with Crippen molar-refractivity contribution in [3.63, 3.8) is 0 Å². The zero-order valence-corrected chi connectivity index (χ0v) is 17.9. The maximum atomic E-state index is 12.9. The number of hydrogen-bond acceptors (Lipinski definition) is 4. The summed E-state index contributed by atoms with van der Waals surface area (Å²) < 4.78 is 53.2. The molecule has 0 amide bonds. The van der Waals surface area contributed by atoms with Crippen molar-refractivity contribution in [1.29, 1.82) is 0 Å². The lowest BCUT2D eigenvalue weighted by Gasteiger charge is -2.56. The molecule has 26 heavy (non-hydrogen) atoms. The normalized spacial score (nSPS) is 34.2. The fraction of sp³-hybridized carbons (Fsp3) is 0.667. The Labute approximate surface area is 164 Å². The number of fused-ring (bicyclic) bond motifs is 3. The van der Waals surface area contributed by atoms with Gasteiger partial charge in [-0.05, 0) is 74.6 Å². The third-order valence-electron chi connectivity index (χ3n) is 6.66. The average molecular weight is 462 g/mol. The Balaban J connectivity index is 1.52. The Bertz CT molecular complexity index is 884. The summed E-state index contributed by atoms with van der Waals surface area (Å²) in [6.07, 6.45) is 5.50. The van der Waals surface area contributed by atoms with Crippen LogP contribution in [0.3, 0.4) is 0 Å². The highest BCUT2D eigenvalue weighted by Crippen LogP contribution is 2.56. The van der Waals surface area contributed by atoms with Crippen molar-refractivity contribution in [1.82, 2.24) is 4.31 Å². The highest BCUT2D eigenvalue weighted by Gasteiger charge is 2.55. The van der Waals surface area contributed by atoms with Gasteiger partial charge < -0.3 is 0 Å². The second-order valence-electron chi connectivity index (χ2n) is 8.18. The zero-order valence-electron chi connectivity index (χ0n) is 14.7. The third kappa shape index (κ3) is 3.16. The molecule has 1 aromatic carbocycles. The first kappa shape index (κ1) is 18.9. The van der Waals surface area contributed by atoms with Gasteiger partial charge >= 0.3 is 0 Å². The topological polar surface area (TPSA) is 71.5 Å². The molecule has 144 valence electrons. The number of sulfone groups is 1. The van der Waals surface area contributed by atoms with Crippen LogP contribution in [0.5, 0.6) is 0 Å². The second-order valence-corrected chi connectivity index (χ2v) is 13.1. The molecule has 3 aliphatic carbocycles. The molecule has 1 aliphatic heterocycles. The van der Waals surface area contributed by atoms with Gasteiger partial charge in [-0.15, -0.1) is 0 Å². The summed E-state index contributed by atoms with van der Waals surface area (Å²) in [6, 6.07) is 6.83. The predicted molar refractivity (Wildman–Crippen MR) is 104 cm³/mol. The summed E-state index contributed by atoms with van der Waals surface area (Å²) in [5, 5.41) is 0. The van der Waals surface area contributed by atoms with E-state index in [2.05, 4.69) is 15.9 Å². The molecule has 4 aliphatic rings. The van der Waals surface area contributed by atoms with Crippen molar-refractivity contribution in [2.24, 2.45) is 5.41 Å². The van der Waals surface area contributed by atoms with Crippen molar-refractivity contribution in [2.75, 3.05) is 18.1 Å². The van der Waals surface area contributed by atoms with Crippen LogP contribution >= 0.6 is 15.9 Å². The molecule has 0 atom stereocenters. The molecular weight excluding hydrogens is 438 g/mol. The molecule has 0 spiro atoms. The van der Waals surface area contributed by atoms with E-state index in [-0.39, 0.29) is 22.5 Å². The Hall–Kier alpha value is -0.440. The molecule has 0 aromatic heterocycles. The predicted octanol–water partition coefficient (Wildman–Crippen LogP) is 3.35. The number of halogens is 1. The van der Waals surface area contributed by atoms with Gasteiger partial charge in [0.2, 0.25) is 10.0 Å². The zero-order chi connectivity index (χ0) is 18.6. The second kappa shape index (κ2) is 6.29. The fourth-order valence-corrected chi connectivity index (χ4v) is 9.34. The number of sulfonamides is 1. The van der Waals surface area contributed by atoms with E-state index in [0.29, 0.717) is 17.9 Å². The van der Waals surface area contributed by atoms with Gasteiger partial charge in [-0.1, -0.05) is 15.9 Å². The molecule has 8 heteroatoms. The Morgan fingerprint density at radius 2 is 1.58 bits per heavy atom. The van der Waals surface area contributed by atoms with E-state index >= 15 is 0 Å². The van der Waals surface area contributed by atoms with Crippen LogP contribution in [0.15, 0.2) is 33.6 Å². The summed E-state index contributed by atoms with van der Waals surface area (Å²) in [5.41, 5.74) is -0.449. The van der Waals surface area contributed by atoms with Crippen LogP contribution in [0.1, 0.15) is 44.9 Å². The molecule has 0 unspecified atom stereocenters. The van der Waals surface area contributed by atoms with Gasteiger partial charge in [-0.2, -0.15) is 4.31 Å². The monoisotopic (exact) mass is 461 g/mol. The van der Waals surface area contributed by atoms with Crippen LogP contribution in [0.25, 0.3) is 0 Å². The quantitative estimate of drug-likeness (QED) is 0.688. The van der Waals surface area contributed by atoms with Gasteiger partial charge in [0.25, 0.3) is 0 Å². The average Bonchev–Trinajstić information content (AvgIpc) is 2.96. The van der Waals surface area contributed by atoms with E-state index in [9.17, 15) is 16.8 Å². The molecular formula is C18H24BrNO4S2. The van der Waals surface area contributed by atoms with E-state index in [1.807, 2.05) is 0 Å². The lowest BCUT2D eigenvalue weighted by molar-refractivity contribution is -0.00242. The van der Waals surface area contributed by atoms with Gasteiger partial charge in [0.1, 0.15) is 0 Å². The van der Waals surface area contributed by atoms with Gasteiger partial charge in [0, 0.05) is 16.6 Å². The Kier molecular flexibility index (Phi) is 4.57. The first-order valence-electron chi connectivity index (χ1n) is 9.16. The lowest BCUT2D eigenvalue weighted by Crippen LogP contribution is -2.58. The summed E-state index contributed by atoms with van der Waals surface area (Å²) in [7, 11) is -6.46.